The van der Waals surface area contributed by atoms with E-state index < -0.39 is 5.54 Å². The normalized spacial score (nSPS) is 15.9. The Labute approximate surface area is 223 Å². The Kier molecular flexibility index (Phi) is 5.96. The molecule has 0 atom stereocenters. The molecule has 192 valence electrons. The van der Waals surface area contributed by atoms with Crippen LogP contribution < -0.4 is 9.64 Å². The van der Waals surface area contributed by atoms with E-state index >= 15 is 0 Å². The van der Waals surface area contributed by atoms with E-state index in [0.717, 1.165) is 55.9 Å². The highest BCUT2D eigenvalue weighted by atomic mass is 16.6. The van der Waals surface area contributed by atoms with Crippen molar-refractivity contribution in [2.24, 2.45) is 0 Å². The third-order valence-corrected chi connectivity index (χ3v) is 8.13. The molecule has 1 saturated heterocycles. The van der Waals surface area contributed by atoms with Gasteiger partial charge < -0.3 is 14.2 Å². The van der Waals surface area contributed by atoms with Gasteiger partial charge in [-0.05, 0) is 65.8 Å². The van der Waals surface area contributed by atoms with Gasteiger partial charge in [-0.1, -0.05) is 72.8 Å². The Hall–Kier alpha value is -4.09. The van der Waals surface area contributed by atoms with Crippen LogP contribution in [0, 0.1) is 20.8 Å². The van der Waals surface area contributed by atoms with Crippen LogP contribution in [0.25, 0.3) is 11.1 Å². The summed E-state index contributed by atoms with van der Waals surface area (Å²) in [5, 5.41) is 0. The minimum atomic E-state index is -0.852. The lowest BCUT2D eigenvalue weighted by Gasteiger charge is -2.39. The van der Waals surface area contributed by atoms with E-state index in [1.807, 2.05) is 53.4 Å². The minimum absolute atomic E-state index is 0.205. The molecule has 4 aromatic rings. The quantitative estimate of drug-likeness (QED) is 0.287. The van der Waals surface area contributed by atoms with Crippen LogP contribution in [-0.4, -0.2) is 19.8 Å². The van der Waals surface area contributed by atoms with Gasteiger partial charge in [0.05, 0.1) is 26.0 Å². The number of carbonyl (C=O) groups is 1. The maximum atomic E-state index is 14.0. The summed E-state index contributed by atoms with van der Waals surface area (Å²) in [7, 11) is 1.69. The van der Waals surface area contributed by atoms with Crippen molar-refractivity contribution in [3.8, 4) is 16.9 Å². The maximum absolute atomic E-state index is 14.0. The first-order valence-electron chi connectivity index (χ1n) is 12.9. The number of rotatable bonds is 5. The van der Waals surface area contributed by atoms with Crippen molar-refractivity contribution >= 4 is 11.8 Å². The predicted molar refractivity (Wildman–Crippen MR) is 149 cm³/mol. The Bertz CT molecular complexity index is 1490. The third-order valence-electron chi connectivity index (χ3n) is 8.13. The Morgan fingerprint density at radius 3 is 1.97 bits per heavy atom. The first-order valence-corrected chi connectivity index (χ1v) is 12.9. The molecule has 0 unspecified atom stereocenters. The highest BCUT2D eigenvalue weighted by Crippen LogP contribution is 2.53. The second kappa shape index (κ2) is 9.34. The van der Waals surface area contributed by atoms with Gasteiger partial charge in [-0.15, -0.1) is 0 Å². The van der Waals surface area contributed by atoms with Crippen LogP contribution in [0.15, 0.2) is 78.9 Å². The van der Waals surface area contributed by atoms with Gasteiger partial charge in [0.1, 0.15) is 17.9 Å². The van der Waals surface area contributed by atoms with E-state index in [-0.39, 0.29) is 12.7 Å². The number of amides is 1. The number of carbonyl (C=O) groups excluding carboxylic acids is 1. The van der Waals surface area contributed by atoms with Crippen molar-refractivity contribution < 1.29 is 19.0 Å². The van der Waals surface area contributed by atoms with Crippen molar-refractivity contribution in [2.45, 2.75) is 39.5 Å². The molecule has 5 nitrogen and oxygen atoms in total. The second-order valence-corrected chi connectivity index (χ2v) is 10.1. The molecular formula is C33H31NO4. The van der Waals surface area contributed by atoms with Gasteiger partial charge in [0.25, 0.3) is 0 Å². The van der Waals surface area contributed by atoms with E-state index in [2.05, 4.69) is 51.1 Å². The molecule has 6 rings (SSSR count). The summed E-state index contributed by atoms with van der Waals surface area (Å²) in [5.41, 5.74) is 9.47. The molecule has 2 aliphatic heterocycles. The molecular weight excluding hydrogens is 474 g/mol. The molecule has 0 saturated carbocycles. The van der Waals surface area contributed by atoms with E-state index in [1.54, 1.807) is 7.11 Å². The van der Waals surface area contributed by atoms with Crippen LogP contribution in [0.3, 0.4) is 0 Å². The highest BCUT2D eigenvalue weighted by molar-refractivity contribution is 6.02. The Morgan fingerprint density at radius 2 is 1.37 bits per heavy atom. The summed E-state index contributed by atoms with van der Waals surface area (Å²) in [6.07, 6.45) is -0.368. The number of ether oxygens (including phenoxy) is 3. The predicted octanol–water partition coefficient (Wildman–Crippen LogP) is 7.22. The number of anilines is 1. The summed E-state index contributed by atoms with van der Waals surface area (Å²) in [5.74, 6) is 0.769. The number of benzene rings is 4. The summed E-state index contributed by atoms with van der Waals surface area (Å²) >= 11 is 0. The van der Waals surface area contributed by atoms with Crippen LogP contribution in [-0.2, 0) is 28.2 Å². The molecule has 0 bridgehead atoms. The van der Waals surface area contributed by atoms with Gasteiger partial charge in [-0.25, -0.2) is 4.79 Å². The SMILES string of the molecule is COc1cccc(C)c1-c1c(C)c2c(c(C)c1N1C(=O)OCC1(c1ccccc1)c1ccccc1)COC2. The van der Waals surface area contributed by atoms with Crippen molar-refractivity contribution in [1.82, 2.24) is 0 Å². The van der Waals surface area contributed by atoms with Crippen molar-refractivity contribution in [1.29, 1.82) is 0 Å². The smallest absolute Gasteiger partial charge is 0.415 e. The van der Waals surface area contributed by atoms with Gasteiger partial charge in [0, 0.05) is 11.1 Å². The molecule has 0 radical (unpaired) electrons. The summed E-state index contributed by atoms with van der Waals surface area (Å²) in [6.45, 7) is 7.60. The van der Waals surface area contributed by atoms with Gasteiger partial charge in [-0.3, -0.25) is 4.90 Å². The molecule has 2 aliphatic rings. The van der Waals surface area contributed by atoms with Crippen LogP contribution in [0.2, 0.25) is 0 Å². The lowest BCUT2D eigenvalue weighted by Crippen LogP contribution is -2.46. The molecule has 0 aliphatic carbocycles. The van der Waals surface area contributed by atoms with Gasteiger partial charge in [0.2, 0.25) is 0 Å². The fourth-order valence-electron chi connectivity index (χ4n) is 6.23. The van der Waals surface area contributed by atoms with Gasteiger partial charge in [0.15, 0.2) is 0 Å². The number of hydrogen-bond acceptors (Lipinski definition) is 4. The van der Waals surface area contributed by atoms with E-state index in [0.29, 0.717) is 13.2 Å². The zero-order valence-electron chi connectivity index (χ0n) is 22.2. The first kappa shape index (κ1) is 24.3. The zero-order valence-corrected chi connectivity index (χ0v) is 22.2. The van der Waals surface area contributed by atoms with Crippen LogP contribution >= 0.6 is 0 Å². The fraction of sp³-hybridized carbons (Fsp3) is 0.242. The van der Waals surface area contributed by atoms with E-state index in [4.69, 9.17) is 14.2 Å². The van der Waals surface area contributed by atoms with Crippen molar-refractivity contribution in [3.63, 3.8) is 0 Å². The Balaban J connectivity index is 1.75. The molecule has 4 aromatic carbocycles. The highest BCUT2D eigenvalue weighted by Gasteiger charge is 2.52. The third kappa shape index (κ3) is 3.46. The molecule has 5 heteroatoms. The lowest BCUT2D eigenvalue weighted by molar-refractivity contribution is 0.134. The lowest BCUT2D eigenvalue weighted by atomic mass is 9.79. The largest absolute Gasteiger partial charge is 0.496 e. The monoisotopic (exact) mass is 505 g/mol. The molecule has 1 fully saturated rings. The molecule has 38 heavy (non-hydrogen) atoms. The maximum Gasteiger partial charge on any atom is 0.415 e. The van der Waals surface area contributed by atoms with E-state index in [9.17, 15) is 4.79 Å². The number of hydrogen-bond donors (Lipinski definition) is 0. The van der Waals surface area contributed by atoms with Crippen LogP contribution in [0.4, 0.5) is 10.5 Å². The number of methoxy groups -OCH3 is 1. The van der Waals surface area contributed by atoms with Crippen molar-refractivity contribution in [3.05, 3.63) is 118 Å². The Morgan fingerprint density at radius 1 is 0.763 bits per heavy atom. The first-order chi connectivity index (χ1) is 18.5. The molecule has 0 aromatic heterocycles. The second-order valence-electron chi connectivity index (χ2n) is 10.1. The molecule has 1 amide bonds. The topological polar surface area (TPSA) is 48.0 Å². The fourth-order valence-corrected chi connectivity index (χ4v) is 6.23. The average molecular weight is 506 g/mol. The van der Waals surface area contributed by atoms with Gasteiger partial charge in [-0.2, -0.15) is 0 Å². The van der Waals surface area contributed by atoms with Crippen LogP contribution in [0.1, 0.15) is 38.9 Å². The van der Waals surface area contributed by atoms with Crippen molar-refractivity contribution in [2.75, 3.05) is 18.6 Å². The number of cyclic esters (lactones) is 1. The number of fused-ring (bicyclic) bond motifs is 1. The summed E-state index contributed by atoms with van der Waals surface area (Å²) in [4.78, 5) is 15.9. The molecule has 2 heterocycles. The number of nitrogens with zero attached hydrogens (tertiary/aromatic N) is 1. The van der Waals surface area contributed by atoms with E-state index in [1.165, 1.54) is 5.56 Å². The average Bonchev–Trinajstić information content (AvgIpc) is 3.58. The molecule has 0 spiro atoms. The summed E-state index contributed by atoms with van der Waals surface area (Å²) in [6, 6.07) is 26.4. The standard InChI is InChI=1S/C33H31NO4/c1-21-12-11-17-28(36-4)29(21)30-22(2)26-18-37-19-27(26)23(3)31(30)34-32(35)38-20-33(34,24-13-7-5-8-14-24)25-15-9-6-10-16-25/h5-17H,18-20H2,1-4H3. The zero-order chi connectivity index (χ0) is 26.4. The van der Waals surface area contributed by atoms with Gasteiger partial charge >= 0.3 is 6.09 Å². The summed E-state index contributed by atoms with van der Waals surface area (Å²) < 4.78 is 17.8. The number of aryl methyl sites for hydroxylation is 1. The minimum Gasteiger partial charge on any atom is -0.496 e. The molecule has 0 N–H and O–H groups in total. The van der Waals surface area contributed by atoms with Crippen LogP contribution in [0.5, 0.6) is 5.75 Å².